The highest BCUT2D eigenvalue weighted by atomic mass is 35.5. The number of hydrogen-bond donors (Lipinski definition) is 3. The molecule has 2 atom stereocenters. The molecule has 1 saturated carbocycles. The zero-order valence-corrected chi connectivity index (χ0v) is 25.8. The van der Waals surface area contributed by atoms with Gasteiger partial charge in [-0.3, -0.25) is 9.59 Å². The maximum Gasteiger partial charge on any atom is 0.424 e. The molecule has 0 radical (unpaired) electrons. The van der Waals surface area contributed by atoms with Gasteiger partial charge in [0.1, 0.15) is 34.7 Å². The van der Waals surface area contributed by atoms with E-state index in [1.165, 1.54) is 25.1 Å². The second kappa shape index (κ2) is 11.5. The summed E-state index contributed by atoms with van der Waals surface area (Å²) in [5.74, 6) is -7.69. The summed E-state index contributed by atoms with van der Waals surface area (Å²) in [5, 5.41) is 14.0. The number of alkyl halides is 3. The number of aromatic nitrogens is 2. The number of nitrogens with one attached hydrogen (secondary N) is 1. The summed E-state index contributed by atoms with van der Waals surface area (Å²) in [7, 11) is 0. The number of nitrogens with two attached hydrogens (primary N) is 1. The normalized spacial score (nSPS) is 18.6. The summed E-state index contributed by atoms with van der Waals surface area (Å²) in [6, 6.07) is 6.08. The molecule has 1 fully saturated rings. The lowest BCUT2D eigenvalue weighted by Gasteiger charge is -2.31. The number of fused-ring (bicyclic) bond motifs is 2. The lowest BCUT2D eigenvalue weighted by Crippen LogP contribution is -2.51. The van der Waals surface area contributed by atoms with Gasteiger partial charge >= 0.3 is 6.18 Å². The third-order valence-electron chi connectivity index (χ3n) is 8.40. The Morgan fingerprint density at radius 3 is 2.48 bits per heavy atom. The van der Waals surface area contributed by atoms with Gasteiger partial charge in [-0.15, -0.1) is 0 Å². The van der Waals surface area contributed by atoms with Crippen molar-refractivity contribution >= 4 is 34.3 Å². The summed E-state index contributed by atoms with van der Waals surface area (Å²) in [6.45, 7) is 0.847. The van der Waals surface area contributed by atoms with Crippen LogP contribution in [0.4, 0.5) is 26.3 Å². The van der Waals surface area contributed by atoms with Gasteiger partial charge in [0.15, 0.2) is 17.5 Å². The van der Waals surface area contributed by atoms with Gasteiger partial charge in [0.2, 0.25) is 11.5 Å². The molecule has 4 aromatic rings. The van der Waals surface area contributed by atoms with E-state index in [2.05, 4.69) is 15.3 Å². The first kappa shape index (κ1) is 33.3. The van der Waals surface area contributed by atoms with Gasteiger partial charge in [-0.1, -0.05) is 11.6 Å². The maximum absolute atomic E-state index is 15.0. The molecule has 2 aromatic heterocycles. The van der Waals surface area contributed by atoms with Crippen molar-refractivity contribution in [2.75, 3.05) is 13.2 Å². The summed E-state index contributed by atoms with van der Waals surface area (Å²) in [6.07, 6.45) is -4.17. The van der Waals surface area contributed by atoms with Crippen LogP contribution in [0.5, 0.6) is 11.5 Å². The summed E-state index contributed by atoms with van der Waals surface area (Å²) < 4.78 is 98.7. The molecule has 1 aliphatic heterocycles. The van der Waals surface area contributed by atoms with Crippen LogP contribution in [0.25, 0.3) is 22.2 Å². The largest absolute Gasteiger partial charge is 0.489 e. The molecule has 2 amide bonds. The van der Waals surface area contributed by atoms with Crippen LogP contribution in [0.3, 0.4) is 0 Å². The van der Waals surface area contributed by atoms with Crippen molar-refractivity contribution in [1.29, 1.82) is 0 Å². The smallest absolute Gasteiger partial charge is 0.424 e. The van der Waals surface area contributed by atoms with Crippen molar-refractivity contribution in [2.24, 2.45) is 5.73 Å². The minimum absolute atomic E-state index is 0.130. The van der Waals surface area contributed by atoms with E-state index >= 15 is 0 Å². The molecular weight excluding hydrogens is 670 g/mol. The Kier molecular flexibility index (Phi) is 7.98. The van der Waals surface area contributed by atoms with E-state index in [0.717, 1.165) is 12.8 Å². The molecule has 3 heterocycles. The van der Waals surface area contributed by atoms with Crippen molar-refractivity contribution in [2.45, 2.75) is 50.0 Å². The van der Waals surface area contributed by atoms with Crippen LogP contribution < -0.4 is 20.5 Å². The molecule has 4 N–H and O–H groups in total. The van der Waals surface area contributed by atoms with Crippen LogP contribution in [-0.2, 0) is 15.8 Å². The number of rotatable bonds is 8. The highest BCUT2D eigenvalue weighted by Crippen LogP contribution is 2.48. The van der Waals surface area contributed by atoms with Crippen LogP contribution in [-0.4, -0.2) is 52.3 Å². The van der Waals surface area contributed by atoms with E-state index in [4.69, 9.17) is 26.8 Å². The van der Waals surface area contributed by atoms with Crippen molar-refractivity contribution in [3.63, 3.8) is 0 Å². The lowest BCUT2D eigenvalue weighted by atomic mass is 9.81. The molecule has 16 heteroatoms. The van der Waals surface area contributed by atoms with E-state index in [9.17, 15) is 41.0 Å². The fraction of sp³-hybridized carbons (Fsp3) is 0.312. The second-order valence-electron chi connectivity index (χ2n) is 11.9. The number of halogens is 7. The third kappa shape index (κ3) is 5.53. The van der Waals surface area contributed by atoms with Crippen molar-refractivity contribution in [3.8, 4) is 22.8 Å². The molecule has 1 unspecified atom stereocenters. The summed E-state index contributed by atoms with van der Waals surface area (Å²) in [5.41, 5.74) is -2.66. The highest BCUT2D eigenvalue weighted by molar-refractivity contribution is 6.31. The molecular formula is C32H25ClF6N4O5. The molecule has 1 aliphatic carbocycles. The van der Waals surface area contributed by atoms with Gasteiger partial charge in [0.25, 0.3) is 5.91 Å². The van der Waals surface area contributed by atoms with Crippen molar-refractivity contribution in [3.05, 3.63) is 81.4 Å². The molecule has 2 aliphatic rings. The molecule has 0 spiro atoms. The Morgan fingerprint density at radius 2 is 1.83 bits per heavy atom. The average Bonchev–Trinajstić information content (AvgIpc) is 3.78. The Bertz CT molecular complexity index is 2020. The number of benzene rings is 2. The number of ether oxygens (including phenoxy) is 2. The molecule has 2 aromatic carbocycles. The van der Waals surface area contributed by atoms with E-state index in [1.807, 2.05) is 0 Å². The quantitative estimate of drug-likeness (QED) is 0.163. The lowest BCUT2D eigenvalue weighted by molar-refractivity contribution is -0.265. The van der Waals surface area contributed by atoms with Gasteiger partial charge < -0.3 is 25.6 Å². The molecule has 0 saturated heterocycles. The number of pyridine rings is 2. The van der Waals surface area contributed by atoms with Crippen LogP contribution in [0, 0.1) is 24.4 Å². The first-order chi connectivity index (χ1) is 22.4. The van der Waals surface area contributed by atoms with Gasteiger partial charge in [-0.2, -0.15) is 13.2 Å². The Balaban J connectivity index is 1.44. The Labute approximate surface area is 273 Å². The van der Waals surface area contributed by atoms with Gasteiger partial charge in [0.05, 0.1) is 29.1 Å². The minimum atomic E-state index is -5.55. The summed E-state index contributed by atoms with van der Waals surface area (Å²) >= 11 is 6.22. The first-order valence-electron chi connectivity index (χ1n) is 14.4. The van der Waals surface area contributed by atoms with E-state index < -0.39 is 82.3 Å². The van der Waals surface area contributed by atoms with Gasteiger partial charge in [0, 0.05) is 22.1 Å². The topological polar surface area (TPSA) is 137 Å². The summed E-state index contributed by atoms with van der Waals surface area (Å²) in [4.78, 5) is 34.0. The second-order valence-corrected chi connectivity index (χ2v) is 12.3. The number of carbonyl (C=O) groups excluding carboxylic acids is 2. The number of nitrogens with zero attached hydrogens (tertiary/aromatic N) is 2. The van der Waals surface area contributed by atoms with Crippen molar-refractivity contribution < 1.29 is 50.5 Å². The predicted molar refractivity (Wildman–Crippen MR) is 159 cm³/mol. The third-order valence-corrected chi connectivity index (χ3v) is 8.78. The van der Waals surface area contributed by atoms with E-state index in [1.54, 1.807) is 6.92 Å². The molecule has 48 heavy (non-hydrogen) atoms. The number of primary amides is 1. The monoisotopic (exact) mass is 694 g/mol. The van der Waals surface area contributed by atoms with Gasteiger partial charge in [-0.25, -0.2) is 23.1 Å². The van der Waals surface area contributed by atoms with Gasteiger partial charge in [-0.05, 0) is 63.1 Å². The Hall–Kier alpha value is -4.63. The SMILES string of the molecule is Cc1nc2c(OC3CC3)cc(C(=O)NCC(O)(c3cc4c(c(-c5ccc(F)c(F)c5F)n3)OC[C@]4(C)C(N)=O)C(F)(F)F)cc2cc1Cl. The van der Waals surface area contributed by atoms with Crippen LogP contribution in [0.15, 0.2) is 36.4 Å². The number of hydrogen-bond acceptors (Lipinski definition) is 7. The Morgan fingerprint density at radius 1 is 1.12 bits per heavy atom. The molecule has 9 nitrogen and oxygen atoms in total. The number of aryl methyl sites for hydroxylation is 1. The molecule has 0 bridgehead atoms. The molecule has 252 valence electrons. The average molecular weight is 695 g/mol. The standard InChI is InChI=1S/C32H25ClF6N4O5/c1-13-19(33)8-14-7-15(9-21(25(14)42-13)48-16-3-4-16)28(44)41-11-31(46,32(37,38)39)22-10-18-27(47-12-30(18,2)29(40)45)26(43-22)17-5-6-20(34)24(36)23(17)35/h5-10,16,46H,3-4,11-12H2,1-2H3,(H2,40,45)(H,41,44)/t30-,31?/m0/s1. The van der Waals surface area contributed by atoms with Crippen LogP contribution in [0.2, 0.25) is 5.02 Å². The maximum atomic E-state index is 15.0. The van der Waals surface area contributed by atoms with Crippen LogP contribution >= 0.6 is 11.6 Å². The predicted octanol–water partition coefficient (Wildman–Crippen LogP) is 5.53. The van der Waals surface area contributed by atoms with Crippen molar-refractivity contribution in [1.82, 2.24) is 15.3 Å². The number of amides is 2. The van der Waals surface area contributed by atoms with E-state index in [-0.39, 0.29) is 28.0 Å². The zero-order valence-electron chi connectivity index (χ0n) is 25.1. The highest BCUT2D eigenvalue weighted by Gasteiger charge is 2.58. The fourth-order valence-electron chi connectivity index (χ4n) is 5.24. The van der Waals surface area contributed by atoms with Crippen LogP contribution in [0.1, 0.15) is 47.1 Å². The first-order valence-corrected chi connectivity index (χ1v) is 14.8. The number of carbonyl (C=O) groups is 2. The minimum Gasteiger partial charge on any atom is -0.489 e. The zero-order chi connectivity index (χ0) is 34.9. The fourth-order valence-corrected chi connectivity index (χ4v) is 5.40. The molecule has 6 rings (SSSR count). The number of aliphatic hydroxyl groups is 1. The van der Waals surface area contributed by atoms with E-state index in [0.29, 0.717) is 34.8 Å².